The van der Waals surface area contributed by atoms with Crippen LogP contribution in [0.1, 0.15) is 51.4 Å². The Labute approximate surface area is 115 Å². The molecule has 0 aromatic heterocycles. The summed E-state index contributed by atoms with van der Waals surface area (Å²) < 4.78 is 5.35. The van der Waals surface area contributed by atoms with Crippen molar-refractivity contribution in [2.45, 2.75) is 62.9 Å². The average molecular weight is 266 g/mol. The Balaban J connectivity index is 1.64. The number of nitrogens with zero attached hydrogens (tertiary/aromatic N) is 1. The van der Waals surface area contributed by atoms with E-state index in [1.807, 2.05) is 0 Å². The topological polar surface area (TPSA) is 55.6 Å². The molecule has 108 valence electrons. The molecular weight excluding hydrogens is 240 g/mol. The lowest BCUT2D eigenvalue weighted by Gasteiger charge is -2.34. The molecule has 3 aliphatic rings. The van der Waals surface area contributed by atoms with Crippen LogP contribution >= 0.6 is 0 Å². The standard InChI is InChI=1S/C15H26N2O2/c16-15(8-9-19-11-15)14(18)17(13-6-7-13)10-12-4-2-1-3-5-12/h12-13H,1-11,16H2. The molecule has 2 saturated carbocycles. The molecule has 4 nitrogen and oxygen atoms in total. The Kier molecular flexibility index (Phi) is 3.81. The molecule has 0 bridgehead atoms. The van der Waals surface area contributed by atoms with Gasteiger partial charge < -0.3 is 15.4 Å². The van der Waals surface area contributed by atoms with E-state index in [0.29, 0.717) is 31.6 Å². The molecule has 1 saturated heterocycles. The van der Waals surface area contributed by atoms with Gasteiger partial charge in [-0.1, -0.05) is 19.3 Å². The van der Waals surface area contributed by atoms with E-state index in [1.165, 1.54) is 32.1 Å². The first-order valence-electron chi connectivity index (χ1n) is 7.87. The molecule has 3 fully saturated rings. The highest BCUT2D eigenvalue weighted by atomic mass is 16.5. The smallest absolute Gasteiger partial charge is 0.245 e. The normalized spacial score (nSPS) is 32.5. The van der Waals surface area contributed by atoms with E-state index in [-0.39, 0.29) is 5.91 Å². The van der Waals surface area contributed by atoms with Crippen molar-refractivity contribution in [3.8, 4) is 0 Å². The summed E-state index contributed by atoms with van der Waals surface area (Å²) in [6.45, 7) is 1.96. The summed E-state index contributed by atoms with van der Waals surface area (Å²) in [6.07, 6.45) is 9.59. The van der Waals surface area contributed by atoms with Crippen LogP contribution in [0.15, 0.2) is 0 Å². The zero-order valence-electron chi connectivity index (χ0n) is 11.8. The van der Waals surface area contributed by atoms with Gasteiger partial charge in [0.15, 0.2) is 0 Å². The van der Waals surface area contributed by atoms with Crippen LogP contribution in [0.3, 0.4) is 0 Å². The zero-order chi connectivity index (χ0) is 13.3. The van der Waals surface area contributed by atoms with Crippen molar-refractivity contribution in [1.29, 1.82) is 0 Å². The Bertz CT molecular complexity index is 329. The Hall–Kier alpha value is -0.610. The highest BCUT2D eigenvalue weighted by Crippen LogP contribution is 2.33. The van der Waals surface area contributed by atoms with Crippen LogP contribution in [0.5, 0.6) is 0 Å². The maximum absolute atomic E-state index is 12.7. The predicted molar refractivity (Wildman–Crippen MR) is 73.7 cm³/mol. The molecule has 1 heterocycles. The maximum atomic E-state index is 12.7. The molecule has 0 spiro atoms. The molecule has 0 aromatic carbocycles. The highest BCUT2D eigenvalue weighted by molar-refractivity contribution is 5.87. The minimum Gasteiger partial charge on any atom is -0.379 e. The monoisotopic (exact) mass is 266 g/mol. The van der Waals surface area contributed by atoms with Gasteiger partial charge in [0, 0.05) is 19.2 Å². The number of rotatable bonds is 4. The first-order chi connectivity index (χ1) is 9.19. The Morgan fingerprint density at radius 3 is 2.53 bits per heavy atom. The molecule has 2 aliphatic carbocycles. The number of hydrogen-bond donors (Lipinski definition) is 1. The van der Waals surface area contributed by atoms with Gasteiger partial charge in [-0.2, -0.15) is 0 Å². The van der Waals surface area contributed by atoms with Crippen LogP contribution in [0.25, 0.3) is 0 Å². The molecular formula is C15H26N2O2. The second-order valence-corrected chi connectivity index (χ2v) is 6.65. The number of carbonyl (C=O) groups excluding carboxylic acids is 1. The van der Waals surface area contributed by atoms with Crippen molar-refractivity contribution in [1.82, 2.24) is 4.90 Å². The summed E-state index contributed by atoms with van der Waals surface area (Å²) in [7, 11) is 0. The molecule has 1 amide bonds. The number of ether oxygens (including phenoxy) is 1. The van der Waals surface area contributed by atoms with Gasteiger partial charge in [-0.05, 0) is 38.0 Å². The van der Waals surface area contributed by atoms with E-state index in [1.54, 1.807) is 0 Å². The van der Waals surface area contributed by atoms with Crippen LogP contribution in [-0.2, 0) is 9.53 Å². The van der Waals surface area contributed by atoms with E-state index >= 15 is 0 Å². The summed E-state index contributed by atoms with van der Waals surface area (Å²) in [4.78, 5) is 14.8. The van der Waals surface area contributed by atoms with Gasteiger partial charge >= 0.3 is 0 Å². The molecule has 4 heteroatoms. The first-order valence-corrected chi connectivity index (χ1v) is 7.87. The fourth-order valence-electron chi connectivity index (χ4n) is 3.47. The Morgan fingerprint density at radius 1 is 1.21 bits per heavy atom. The minimum atomic E-state index is -0.739. The van der Waals surface area contributed by atoms with E-state index < -0.39 is 5.54 Å². The van der Waals surface area contributed by atoms with Crippen molar-refractivity contribution in [3.63, 3.8) is 0 Å². The maximum Gasteiger partial charge on any atom is 0.245 e. The fraction of sp³-hybridized carbons (Fsp3) is 0.933. The van der Waals surface area contributed by atoms with Gasteiger partial charge in [0.1, 0.15) is 5.54 Å². The summed E-state index contributed by atoms with van der Waals surface area (Å²) in [5.41, 5.74) is 5.52. The summed E-state index contributed by atoms with van der Waals surface area (Å²) in [5.74, 6) is 0.849. The number of carbonyl (C=O) groups is 1. The molecule has 1 atom stereocenters. The Morgan fingerprint density at radius 2 is 1.95 bits per heavy atom. The van der Waals surface area contributed by atoms with Gasteiger partial charge in [-0.15, -0.1) is 0 Å². The van der Waals surface area contributed by atoms with Crippen molar-refractivity contribution in [3.05, 3.63) is 0 Å². The van der Waals surface area contributed by atoms with Crippen LogP contribution in [0.4, 0.5) is 0 Å². The third kappa shape index (κ3) is 2.95. The second-order valence-electron chi connectivity index (χ2n) is 6.65. The van der Waals surface area contributed by atoms with Gasteiger partial charge in [0.25, 0.3) is 0 Å². The van der Waals surface area contributed by atoms with E-state index in [0.717, 1.165) is 19.4 Å². The van der Waals surface area contributed by atoms with E-state index in [2.05, 4.69) is 4.90 Å². The van der Waals surface area contributed by atoms with Crippen LogP contribution < -0.4 is 5.73 Å². The SMILES string of the molecule is NC1(C(=O)N(CC2CCCCC2)C2CC2)CCOC1. The van der Waals surface area contributed by atoms with Crippen molar-refractivity contribution in [2.75, 3.05) is 19.8 Å². The molecule has 2 N–H and O–H groups in total. The number of hydrogen-bond acceptors (Lipinski definition) is 3. The molecule has 0 radical (unpaired) electrons. The van der Waals surface area contributed by atoms with Gasteiger partial charge in [-0.3, -0.25) is 4.79 Å². The molecule has 19 heavy (non-hydrogen) atoms. The van der Waals surface area contributed by atoms with Crippen LogP contribution in [-0.4, -0.2) is 42.1 Å². The fourth-order valence-corrected chi connectivity index (χ4v) is 3.47. The summed E-state index contributed by atoms with van der Waals surface area (Å²) in [6, 6.07) is 0.468. The van der Waals surface area contributed by atoms with Crippen LogP contribution in [0.2, 0.25) is 0 Å². The van der Waals surface area contributed by atoms with Gasteiger partial charge in [-0.25, -0.2) is 0 Å². The van der Waals surface area contributed by atoms with E-state index in [4.69, 9.17) is 10.5 Å². The highest BCUT2D eigenvalue weighted by Gasteiger charge is 2.45. The number of amides is 1. The third-order valence-corrected chi connectivity index (χ3v) is 4.91. The molecule has 0 aromatic rings. The van der Waals surface area contributed by atoms with Crippen molar-refractivity contribution in [2.24, 2.45) is 11.7 Å². The van der Waals surface area contributed by atoms with E-state index in [9.17, 15) is 4.79 Å². The number of nitrogens with two attached hydrogens (primary N) is 1. The van der Waals surface area contributed by atoms with Crippen molar-refractivity contribution < 1.29 is 9.53 Å². The van der Waals surface area contributed by atoms with Gasteiger partial charge in [0.2, 0.25) is 5.91 Å². The minimum absolute atomic E-state index is 0.151. The largest absolute Gasteiger partial charge is 0.379 e. The lowest BCUT2D eigenvalue weighted by molar-refractivity contribution is -0.138. The average Bonchev–Trinajstić information content (AvgIpc) is 3.18. The summed E-state index contributed by atoms with van der Waals surface area (Å²) >= 11 is 0. The quantitative estimate of drug-likeness (QED) is 0.842. The lowest BCUT2D eigenvalue weighted by Crippen LogP contribution is -2.57. The van der Waals surface area contributed by atoms with Gasteiger partial charge in [0.05, 0.1) is 6.61 Å². The zero-order valence-corrected chi connectivity index (χ0v) is 11.8. The third-order valence-electron chi connectivity index (χ3n) is 4.91. The second kappa shape index (κ2) is 5.41. The molecule has 1 aliphatic heterocycles. The predicted octanol–water partition coefficient (Wildman–Crippen LogP) is 1.68. The summed E-state index contributed by atoms with van der Waals surface area (Å²) in [5, 5.41) is 0. The lowest BCUT2D eigenvalue weighted by atomic mass is 9.88. The first kappa shape index (κ1) is 13.4. The van der Waals surface area contributed by atoms with Crippen LogP contribution in [0, 0.1) is 5.92 Å². The molecule has 3 rings (SSSR count). The van der Waals surface area contributed by atoms with Crippen molar-refractivity contribution >= 4 is 5.91 Å². The molecule has 1 unspecified atom stereocenters.